The van der Waals surface area contributed by atoms with Crippen LogP contribution in [-0.2, 0) is 4.79 Å². The number of hydrogen-bond acceptors (Lipinski definition) is 4. The molecule has 5 nitrogen and oxygen atoms in total. The second kappa shape index (κ2) is 8.29. The number of aliphatic hydroxyl groups excluding tert-OH is 3. The summed E-state index contributed by atoms with van der Waals surface area (Å²) in [5.74, 6) is 1.13. The molecular weight excluding hydrogens is 392 g/mol. The van der Waals surface area contributed by atoms with Crippen molar-refractivity contribution in [1.82, 2.24) is 0 Å². The number of aliphatic hydroxyl groups is 3. The van der Waals surface area contributed by atoms with Crippen LogP contribution in [0.25, 0.3) is 0 Å². The van der Waals surface area contributed by atoms with E-state index >= 15 is 0 Å². The maximum Gasteiger partial charge on any atom is 0.303 e. The molecule has 4 N–H and O–H groups in total. The van der Waals surface area contributed by atoms with Crippen molar-refractivity contribution in [3.05, 3.63) is 0 Å². The Kier molecular flexibility index (Phi) is 6.28. The van der Waals surface area contributed by atoms with Gasteiger partial charge in [-0.2, -0.15) is 0 Å². The molecule has 0 bridgehead atoms. The molecule has 31 heavy (non-hydrogen) atoms. The molecule has 0 amide bonds. The highest BCUT2D eigenvalue weighted by molar-refractivity contribution is 5.66. The standard InChI is InChI=1S/C26H44O5/c1-5-16-19-12-15(27)10-11-25(19,3)20-13-21(28)26(4)17(14(2)6-9-22(29)30)7-8-18(26)23(20)24(16)31/h14-21,23-24,27-28,31H,5-13H2,1-4H3,(H,29,30)/t14-,15-,16-,17+,18+,19+,20+,21+,23+,24-,25+,26-/m1/s1. The van der Waals surface area contributed by atoms with Crippen molar-refractivity contribution in [2.45, 2.75) is 104 Å². The lowest BCUT2D eigenvalue weighted by atomic mass is 9.41. The van der Waals surface area contributed by atoms with Gasteiger partial charge in [-0.1, -0.05) is 34.1 Å². The Labute approximate surface area is 187 Å². The van der Waals surface area contributed by atoms with Crippen molar-refractivity contribution >= 4 is 5.97 Å². The highest BCUT2D eigenvalue weighted by atomic mass is 16.4. The zero-order valence-electron chi connectivity index (χ0n) is 19.8. The molecular formula is C26H44O5. The molecule has 0 saturated heterocycles. The molecule has 0 aromatic heterocycles. The lowest BCUT2D eigenvalue weighted by Gasteiger charge is -2.65. The van der Waals surface area contributed by atoms with Crippen LogP contribution in [0.5, 0.6) is 0 Å². The first-order valence-corrected chi connectivity index (χ1v) is 12.8. The van der Waals surface area contributed by atoms with Crippen molar-refractivity contribution in [2.75, 3.05) is 0 Å². The lowest BCUT2D eigenvalue weighted by molar-refractivity contribution is -0.228. The summed E-state index contributed by atoms with van der Waals surface area (Å²) in [6.07, 6.45) is 6.09. The average molecular weight is 437 g/mol. The van der Waals surface area contributed by atoms with Gasteiger partial charge in [0.15, 0.2) is 0 Å². The van der Waals surface area contributed by atoms with Gasteiger partial charge in [-0.25, -0.2) is 0 Å². The number of carboxylic acids is 1. The van der Waals surface area contributed by atoms with E-state index in [1.807, 2.05) is 0 Å². The molecule has 4 aliphatic rings. The van der Waals surface area contributed by atoms with Crippen LogP contribution < -0.4 is 0 Å². The number of carboxylic acid groups (broad SMARTS) is 1. The maximum atomic E-state index is 11.7. The summed E-state index contributed by atoms with van der Waals surface area (Å²) in [5, 5.41) is 42.9. The third-order valence-electron chi connectivity index (χ3n) is 11.1. The van der Waals surface area contributed by atoms with Crippen molar-refractivity contribution in [1.29, 1.82) is 0 Å². The summed E-state index contributed by atoms with van der Waals surface area (Å²) >= 11 is 0. The monoisotopic (exact) mass is 436 g/mol. The Hall–Kier alpha value is -0.650. The van der Waals surface area contributed by atoms with E-state index in [-0.39, 0.29) is 53.1 Å². The Morgan fingerprint density at radius 3 is 2.39 bits per heavy atom. The van der Waals surface area contributed by atoms with Crippen molar-refractivity contribution in [3.8, 4) is 0 Å². The molecule has 0 heterocycles. The van der Waals surface area contributed by atoms with Gasteiger partial charge < -0.3 is 20.4 Å². The van der Waals surface area contributed by atoms with Crippen LogP contribution in [0.4, 0.5) is 0 Å². The minimum Gasteiger partial charge on any atom is -0.481 e. The van der Waals surface area contributed by atoms with Crippen LogP contribution in [0.15, 0.2) is 0 Å². The van der Waals surface area contributed by atoms with Gasteiger partial charge in [-0.15, -0.1) is 0 Å². The van der Waals surface area contributed by atoms with Gasteiger partial charge in [0.25, 0.3) is 0 Å². The summed E-state index contributed by atoms with van der Waals surface area (Å²) in [7, 11) is 0. The fourth-order valence-electron chi connectivity index (χ4n) is 9.44. The van der Waals surface area contributed by atoms with Gasteiger partial charge in [0.1, 0.15) is 0 Å². The molecule has 5 heteroatoms. The third-order valence-corrected chi connectivity index (χ3v) is 11.1. The fourth-order valence-corrected chi connectivity index (χ4v) is 9.44. The van der Waals surface area contributed by atoms with E-state index in [9.17, 15) is 20.1 Å². The van der Waals surface area contributed by atoms with Crippen LogP contribution in [-0.4, -0.2) is 44.7 Å². The van der Waals surface area contributed by atoms with Crippen molar-refractivity contribution in [3.63, 3.8) is 0 Å². The van der Waals surface area contributed by atoms with Crippen LogP contribution >= 0.6 is 0 Å². The van der Waals surface area contributed by atoms with E-state index in [2.05, 4.69) is 27.7 Å². The topological polar surface area (TPSA) is 98.0 Å². The van der Waals surface area contributed by atoms with E-state index in [1.54, 1.807) is 0 Å². The zero-order chi connectivity index (χ0) is 22.7. The van der Waals surface area contributed by atoms with Gasteiger partial charge in [0, 0.05) is 6.42 Å². The van der Waals surface area contributed by atoms with E-state index < -0.39 is 12.1 Å². The van der Waals surface area contributed by atoms with Crippen LogP contribution in [0.3, 0.4) is 0 Å². The molecule has 0 unspecified atom stereocenters. The van der Waals surface area contributed by atoms with E-state index in [0.29, 0.717) is 24.2 Å². The largest absolute Gasteiger partial charge is 0.481 e. The summed E-state index contributed by atoms with van der Waals surface area (Å²) in [6.45, 7) is 8.96. The van der Waals surface area contributed by atoms with Crippen LogP contribution in [0.2, 0.25) is 0 Å². The summed E-state index contributed by atoms with van der Waals surface area (Å²) in [5.41, 5.74) is -0.186. The molecule has 4 fully saturated rings. The zero-order valence-corrected chi connectivity index (χ0v) is 19.8. The first kappa shape index (κ1) is 23.5. The van der Waals surface area contributed by atoms with E-state index in [4.69, 9.17) is 5.11 Å². The normalized spacial score (nSPS) is 52.7. The smallest absolute Gasteiger partial charge is 0.303 e. The Balaban J connectivity index is 1.66. The maximum absolute atomic E-state index is 11.7. The number of hydrogen-bond donors (Lipinski definition) is 4. The average Bonchev–Trinajstić information content (AvgIpc) is 3.07. The first-order valence-electron chi connectivity index (χ1n) is 12.8. The van der Waals surface area contributed by atoms with E-state index in [0.717, 1.165) is 44.9 Å². The summed E-state index contributed by atoms with van der Waals surface area (Å²) in [4.78, 5) is 11.1. The molecule has 178 valence electrons. The van der Waals surface area contributed by atoms with E-state index in [1.165, 1.54) is 0 Å². The molecule has 4 aliphatic carbocycles. The number of fused-ring (bicyclic) bond motifs is 5. The molecule has 4 rings (SSSR count). The Morgan fingerprint density at radius 1 is 1.03 bits per heavy atom. The quantitative estimate of drug-likeness (QED) is 0.520. The second-order valence-electron chi connectivity index (χ2n) is 12.1. The summed E-state index contributed by atoms with van der Waals surface area (Å²) in [6, 6.07) is 0. The molecule has 0 aliphatic heterocycles. The van der Waals surface area contributed by atoms with Crippen molar-refractivity contribution < 1.29 is 25.2 Å². The van der Waals surface area contributed by atoms with Gasteiger partial charge in [0.2, 0.25) is 0 Å². The van der Waals surface area contributed by atoms with Gasteiger partial charge in [-0.05, 0) is 97.2 Å². The van der Waals surface area contributed by atoms with Gasteiger partial charge in [-0.3, -0.25) is 4.79 Å². The molecule has 0 spiro atoms. The van der Waals surface area contributed by atoms with Gasteiger partial charge >= 0.3 is 5.97 Å². The predicted molar refractivity (Wildman–Crippen MR) is 119 cm³/mol. The molecule has 4 saturated carbocycles. The van der Waals surface area contributed by atoms with Crippen LogP contribution in [0, 0.1) is 52.3 Å². The Morgan fingerprint density at radius 2 is 1.74 bits per heavy atom. The minimum absolute atomic E-state index is 0.0686. The summed E-state index contributed by atoms with van der Waals surface area (Å²) < 4.78 is 0. The second-order valence-corrected chi connectivity index (χ2v) is 12.1. The van der Waals surface area contributed by atoms with Crippen molar-refractivity contribution in [2.24, 2.45) is 52.3 Å². The molecule has 0 aromatic carbocycles. The SMILES string of the molecule is CC[C@H]1[C@@H](O)[C@@H]2[C@H](C[C@H](O)[C@@]3(C)[C@H]2CC[C@H]3[C@H](C)CCC(=O)O)[C@@]2(C)CC[C@@H](O)C[C@@H]12. The third kappa shape index (κ3) is 3.49. The van der Waals surface area contributed by atoms with Gasteiger partial charge in [0.05, 0.1) is 18.3 Å². The number of rotatable bonds is 5. The molecule has 0 aromatic rings. The molecule has 12 atom stereocenters. The predicted octanol–water partition coefficient (Wildman–Crippen LogP) is 4.08. The first-order chi connectivity index (χ1) is 14.6. The highest BCUT2D eigenvalue weighted by Crippen LogP contribution is 2.69. The Bertz CT molecular complexity index is 681. The minimum atomic E-state index is -0.747. The lowest BCUT2D eigenvalue weighted by Crippen LogP contribution is -2.65. The number of carbonyl (C=O) groups is 1. The number of aliphatic carboxylic acids is 1. The van der Waals surface area contributed by atoms with Crippen LogP contribution in [0.1, 0.15) is 85.5 Å². The molecule has 0 radical (unpaired) electrons. The fraction of sp³-hybridized carbons (Fsp3) is 0.962. The highest BCUT2D eigenvalue weighted by Gasteiger charge is 2.67.